The maximum Gasteiger partial charge on any atom is 0.143 e. The highest BCUT2D eigenvalue weighted by atomic mass is 16.3. The Morgan fingerprint density at radius 2 is 0.840 bits per heavy atom. The molecule has 2 nitrogen and oxygen atoms in total. The number of benzene rings is 8. The number of furan rings is 1. The molecular weight excluding hydrogens is 607 g/mol. The topological polar surface area (TPSA) is 18.1 Å². The third-order valence-electron chi connectivity index (χ3n) is 9.99. The molecule has 0 aliphatic heterocycles. The number of fused-ring (bicyclic) bond motifs is 6. The van der Waals surface area contributed by atoms with Gasteiger partial charge in [-0.1, -0.05) is 140 Å². The third kappa shape index (κ3) is 4.65. The number of aromatic nitrogens is 1. The minimum absolute atomic E-state index is 0.914. The summed E-state index contributed by atoms with van der Waals surface area (Å²) < 4.78 is 8.82. The van der Waals surface area contributed by atoms with Crippen molar-refractivity contribution < 1.29 is 4.42 Å². The highest BCUT2D eigenvalue weighted by Crippen LogP contribution is 2.39. The Labute approximate surface area is 290 Å². The Hall–Kier alpha value is -6.64. The molecule has 50 heavy (non-hydrogen) atoms. The first kappa shape index (κ1) is 28.4. The van der Waals surface area contributed by atoms with Crippen molar-refractivity contribution in [2.24, 2.45) is 0 Å². The van der Waals surface area contributed by atoms with Crippen LogP contribution in [0.5, 0.6) is 0 Å². The molecule has 0 spiro atoms. The Kier molecular flexibility index (Phi) is 6.53. The Morgan fingerprint density at radius 1 is 0.320 bits per heavy atom. The maximum atomic E-state index is 6.40. The number of rotatable bonds is 5. The van der Waals surface area contributed by atoms with E-state index in [0.29, 0.717) is 0 Å². The molecule has 10 rings (SSSR count). The third-order valence-corrected chi connectivity index (χ3v) is 9.99. The summed E-state index contributed by atoms with van der Waals surface area (Å²) in [6.07, 6.45) is 0. The zero-order valence-corrected chi connectivity index (χ0v) is 27.3. The maximum absolute atomic E-state index is 6.40. The van der Waals surface area contributed by atoms with Gasteiger partial charge in [0, 0.05) is 32.8 Å². The van der Waals surface area contributed by atoms with Crippen LogP contribution in [0.25, 0.3) is 93.9 Å². The molecule has 0 aliphatic carbocycles. The van der Waals surface area contributed by atoms with Gasteiger partial charge < -0.3 is 8.98 Å². The van der Waals surface area contributed by atoms with Gasteiger partial charge in [0.1, 0.15) is 11.2 Å². The molecule has 2 aromatic heterocycles. The molecule has 0 atom stereocenters. The van der Waals surface area contributed by atoms with Crippen LogP contribution in [0.1, 0.15) is 0 Å². The van der Waals surface area contributed by atoms with E-state index in [1.54, 1.807) is 0 Å². The van der Waals surface area contributed by atoms with E-state index in [1.807, 2.05) is 12.1 Å². The monoisotopic (exact) mass is 637 g/mol. The summed E-state index contributed by atoms with van der Waals surface area (Å²) in [6.45, 7) is 0. The normalized spacial score (nSPS) is 11.6. The summed E-state index contributed by atoms with van der Waals surface area (Å²) in [6, 6.07) is 67.5. The van der Waals surface area contributed by atoms with Gasteiger partial charge in [-0.05, 0) is 87.5 Å². The van der Waals surface area contributed by atoms with Crippen molar-refractivity contribution in [2.45, 2.75) is 0 Å². The quantitative estimate of drug-likeness (QED) is 0.184. The van der Waals surface area contributed by atoms with Crippen LogP contribution in [0.2, 0.25) is 0 Å². The van der Waals surface area contributed by atoms with Crippen molar-refractivity contribution in [1.82, 2.24) is 4.57 Å². The predicted molar refractivity (Wildman–Crippen MR) is 210 cm³/mol. The van der Waals surface area contributed by atoms with Crippen LogP contribution in [0, 0.1) is 0 Å². The van der Waals surface area contributed by atoms with E-state index >= 15 is 0 Å². The van der Waals surface area contributed by atoms with Crippen LogP contribution >= 0.6 is 0 Å². The average Bonchev–Trinajstić information content (AvgIpc) is 3.74. The Morgan fingerprint density at radius 3 is 1.54 bits per heavy atom. The first-order valence-electron chi connectivity index (χ1n) is 17.1. The van der Waals surface area contributed by atoms with E-state index in [4.69, 9.17) is 4.42 Å². The van der Waals surface area contributed by atoms with Gasteiger partial charge in [0.2, 0.25) is 0 Å². The molecule has 0 aliphatic rings. The zero-order valence-electron chi connectivity index (χ0n) is 27.3. The van der Waals surface area contributed by atoms with Crippen molar-refractivity contribution in [3.8, 4) is 50.2 Å². The van der Waals surface area contributed by atoms with Crippen LogP contribution in [-0.4, -0.2) is 4.57 Å². The zero-order chi connectivity index (χ0) is 33.0. The molecule has 234 valence electrons. The fourth-order valence-corrected chi connectivity index (χ4v) is 7.59. The van der Waals surface area contributed by atoms with Crippen LogP contribution in [-0.2, 0) is 0 Å². The fourth-order valence-electron chi connectivity index (χ4n) is 7.59. The summed E-state index contributed by atoms with van der Waals surface area (Å²) in [4.78, 5) is 0. The molecule has 2 heterocycles. The molecule has 0 saturated heterocycles. The lowest BCUT2D eigenvalue weighted by Gasteiger charge is -2.12. The standard InChI is InChI=1S/C48H31NO/c1-3-12-32(13-4-1)36-24-26-45-43(30-36)44-31-37(33-14-5-2-6-15-33)25-27-46(44)49(45)39-19-10-17-35(29-39)34-16-9-18-38(28-34)40-21-11-22-42-41-20-7-8-23-47(41)50-48(40)42/h1-31H. The van der Waals surface area contributed by atoms with E-state index in [-0.39, 0.29) is 0 Å². The summed E-state index contributed by atoms with van der Waals surface area (Å²) >= 11 is 0. The second-order valence-electron chi connectivity index (χ2n) is 12.9. The lowest BCUT2D eigenvalue weighted by molar-refractivity contribution is 0.670. The Balaban J connectivity index is 1.13. The highest BCUT2D eigenvalue weighted by molar-refractivity contribution is 6.12. The molecule has 0 N–H and O–H groups in total. The number of hydrogen-bond acceptors (Lipinski definition) is 1. The summed E-state index contributed by atoms with van der Waals surface area (Å²) in [5, 5.41) is 4.77. The summed E-state index contributed by atoms with van der Waals surface area (Å²) in [5.74, 6) is 0. The fraction of sp³-hybridized carbons (Fsp3) is 0. The van der Waals surface area contributed by atoms with Crippen molar-refractivity contribution in [2.75, 3.05) is 0 Å². The number of nitrogens with zero attached hydrogens (tertiary/aromatic N) is 1. The second-order valence-corrected chi connectivity index (χ2v) is 12.9. The van der Waals surface area contributed by atoms with E-state index < -0.39 is 0 Å². The molecule has 0 amide bonds. The SMILES string of the molecule is c1ccc(-c2ccc3c(c2)c2cc(-c4ccccc4)ccc2n3-c2cccc(-c3cccc(-c4cccc5c4oc4ccccc45)c3)c2)cc1. The number of para-hydroxylation sites is 2. The van der Waals surface area contributed by atoms with Crippen LogP contribution in [0.4, 0.5) is 0 Å². The van der Waals surface area contributed by atoms with E-state index in [2.05, 4.69) is 180 Å². The first-order valence-corrected chi connectivity index (χ1v) is 17.1. The predicted octanol–water partition coefficient (Wildman–Crippen LogP) is 13.4. The van der Waals surface area contributed by atoms with Crippen molar-refractivity contribution in [1.29, 1.82) is 0 Å². The average molecular weight is 638 g/mol. The smallest absolute Gasteiger partial charge is 0.143 e. The van der Waals surface area contributed by atoms with Gasteiger partial charge in [0.05, 0.1) is 11.0 Å². The highest BCUT2D eigenvalue weighted by Gasteiger charge is 2.16. The molecule has 0 fully saturated rings. The van der Waals surface area contributed by atoms with Gasteiger partial charge in [-0.3, -0.25) is 0 Å². The first-order chi connectivity index (χ1) is 24.8. The van der Waals surface area contributed by atoms with Gasteiger partial charge in [-0.15, -0.1) is 0 Å². The molecule has 0 saturated carbocycles. The van der Waals surface area contributed by atoms with Crippen LogP contribution in [0.3, 0.4) is 0 Å². The van der Waals surface area contributed by atoms with E-state index in [0.717, 1.165) is 49.9 Å². The lowest BCUT2D eigenvalue weighted by Crippen LogP contribution is -1.94. The van der Waals surface area contributed by atoms with Crippen LogP contribution < -0.4 is 0 Å². The van der Waals surface area contributed by atoms with Gasteiger partial charge in [0.15, 0.2) is 0 Å². The molecular formula is C48H31NO. The molecule has 0 radical (unpaired) electrons. The molecule has 2 heteroatoms. The molecule has 10 aromatic rings. The minimum Gasteiger partial charge on any atom is -0.455 e. The van der Waals surface area contributed by atoms with Gasteiger partial charge in [-0.25, -0.2) is 0 Å². The Bertz CT molecular complexity index is 2760. The van der Waals surface area contributed by atoms with Crippen molar-refractivity contribution in [3.63, 3.8) is 0 Å². The van der Waals surface area contributed by atoms with Gasteiger partial charge in [0.25, 0.3) is 0 Å². The summed E-state index contributed by atoms with van der Waals surface area (Å²) in [7, 11) is 0. The molecule has 0 bridgehead atoms. The van der Waals surface area contributed by atoms with E-state index in [1.165, 1.54) is 44.1 Å². The van der Waals surface area contributed by atoms with Gasteiger partial charge in [-0.2, -0.15) is 0 Å². The molecule has 8 aromatic carbocycles. The van der Waals surface area contributed by atoms with Crippen molar-refractivity contribution >= 4 is 43.7 Å². The largest absolute Gasteiger partial charge is 0.455 e. The lowest BCUT2D eigenvalue weighted by atomic mass is 9.97. The van der Waals surface area contributed by atoms with Crippen molar-refractivity contribution in [3.05, 3.63) is 188 Å². The molecule has 0 unspecified atom stereocenters. The van der Waals surface area contributed by atoms with Gasteiger partial charge >= 0.3 is 0 Å². The van der Waals surface area contributed by atoms with E-state index in [9.17, 15) is 0 Å². The summed E-state index contributed by atoms with van der Waals surface area (Å²) in [5.41, 5.74) is 14.8. The van der Waals surface area contributed by atoms with Crippen LogP contribution in [0.15, 0.2) is 192 Å². The second kappa shape index (κ2) is 11.5. The minimum atomic E-state index is 0.914. The number of hydrogen-bond donors (Lipinski definition) is 0.